The summed E-state index contributed by atoms with van der Waals surface area (Å²) in [5.74, 6) is -1.79. The minimum Gasteiger partial charge on any atom is -0.480 e. The lowest BCUT2D eigenvalue weighted by Crippen LogP contribution is -2.57. The molecule has 0 aromatic heterocycles. The Morgan fingerprint density at radius 1 is 1.35 bits per heavy atom. The molecule has 0 radical (unpaired) electrons. The van der Waals surface area contributed by atoms with Crippen LogP contribution in [0.1, 0.15) is 0 Å². The van der Waals surface area contributed by atoms with Crippen molar-refractivity contribution in [2.75, 3.05) is 18.5 Å². The molecule has 0 saturated carbocycles. The fourth-order valence-corrected chi connectivity index (χ4v) is 1.65. The second kappa shape index (κ2) is 4.35. The van der Waals surface area contributed by atoms with Crippen molar-refractivity contribution < 1.29 is 19.4 Å². The molecule has 2 N–H and O–H groups in total. The van der Waals surface area contributed by atoms with Gasteiger partial charge in [0.05, 0.1) is 23.9 Å². The maximum absolute atomic E-state index is 11.9. The van der Waals surface area contributed by atoms with E-state index in [1.807, 2.05) is 0 Å². The van der Waals surface area contributed by atoms with E-state index < -0.39 is 17.3 Å². The average molecular weight is 256 g/mol. The number of benzene rings is 1. The first-order chi connectivity index (χ1) is 8.06. The molecule has 0 atom stereocenters. The highest BCUT2D eigenvalue weighted by atomic mass is 35.5. The summed E-state index contributed by atoms with van der Waals surface area (Å²) in [7, 11) is 0. The number of nitrogens with one attached hydrogen (secondary N) is 1. The first-order valence-corrected chi connectivity index (χ1v) is 5.31. The Balaban J connectivity index is 2.17. The number of hydrogen-bond acceptors (Lipinski definition) is 3. The molecule has 1 heterocycles. The number of carboxylic acid groups (broad SMARTS) is 1. The van der Waals surface area contributed by atoms with Crippen molar-refractivity contribution in [1.29, 1.82) is 0 Å². The van der Waals surface area contributed by atoms with Gasteiger partial charge in [0.2, 0.25) is 5.91 Å². The molecule has 17 heavy (non-hydrogen) atoms. The van der Waals surface area contributed by atoms with Gasteiger partial charge < -0.3 is 15.2 Å². The Bertz CT molecular complexity index is 470. The van der Waals surface area contributed by atoms with Gasteiger partial charge in [0.25, 0.3) is 0 Å². The van der Waals surface area contributed by atoms with Gasteiger partial charge in [-0.05, 0) is 12.1 Å². The number of ether oxygens (including phenoxy) is 1. The van der Waals surface area contributed by atoms with Crippen LogP contribution in [-0.4, -0.2) is 30.2 Å². The summed E-state index contributed by atoms with van der Waals surface area (Å²) in [5.41, 5.74) is -1.09. The van der Waals surface area contributed by atoms with Crippen molar-refractivity contribution in [3.63, 3.8) is 0 Å². The highest BCUT2D eigenvalue weighted by Gasteiger charge is 2.53. The van der Waals surface area contributed by atoms with E-state index in [0.29, 0.717) is 10.7 Å². The smallest absolute Gasteiger partial charge is 0.324 e. The first kappa shape index (κ1) is 11.9. The number of halogens is 1. The Morgan fingerprint density at radius 2 is 2.00 bits per heavy atom. The van der Waals surface area contributed by atoms with Crippen LogP contribution in [0.15, 0.2) is 24.3 Å². The van der Waals surface area contributed by atoms with Crippen molar-refractivity contribution >= 4 is 29.2 Å². The second-order valence-corrected chi connectivity index (χ2v) is 4.22. The molecule has 1 aromatic carbocycles. The van der Waals surface area contributed by atoms with E-state index >= 15 is 0 Å². The van der Waals surface area contributed by atoms with Gasteiger partial charge in [-0.15, -0.1) is 0 Å². The summed E-state index contributed by atoms with van der Waals surface area (Å²) >= 11 is 5.87. The molecule has 0 unspecified atom stereocenters. The lowest BCUT2D eigenvalue weighted by atomic mass is 9.85. The number of anilines is 1. The van der Waals surface area contributed by atoms with Crippen LogP contribution in [0.2, 0.25) is 5.02 Å². The molecule has 1 amide bonds. The normalized spacial score (nSPS) is 17.0. The average Bonchev–Trinajstić information content (AvgIpc) is 2.19. The molecule has 0 bridgehead atoms. The SMILES string of the molecule is O=C(O)C1(C(=O)Nc2ccccc2Cl)COC1. The fourth-order valence-electron chi connectivity index (χ4n) is 1.46. The van der Waals surface area contributed by atoms with E-state index in [1.165, 1.54) is 0 Å². The predicted octanol–water partition coefficient (Wildman–Crippen LogP) is 1.38. The van der Waals surface area contributed by atoms with Crippen LogP contribution in [0.25, 0.3) is 0 Å². The third-order valence-electron chi connectivity index (χ3n) is 2.66. The molecule has 1 aromatic rings. The third-order valence-corrected chi connectivity index (χ3v) is 2.99. The maximum Gasteiger partial charge on any atom is 0.324 e. The fraction of sp³-hybridized carbons (Fsp3) is 0.273. The molecule has 1 aliphatic rings. The van der Waals surface area contributed by atoms with Crippen molar-refractivity contribution in [2.45, 2.75) is 0 Å². The van der Waals surface area contributed by atoms with Crippen LogP contribution in [0.3, 0.4) is 0 Å². The standard InChI is InChI=1S/C11H10ClNO4/c12-7-3-1-2-4-8(7)13-9(14)11(10(15)16)5-17-6-11/h1-4H,5-6H2,(H,13,14)(H,15,16). The van der Waals surface area contributed by atoms with Gasteiger partial charge in [0.15, 0.2) is 5.41 Å². The highest BCUT2D eigenvalue weighted by Crippen LogP contribution is 2.31. The number of amides is 1. The van der Waals surface area contributed by atoms with Gasteiger partial charge in [0.1, 0.15) is 0 Å². The summed E-state index contributed by atoms with van der Waals surface area (Å²) in [6.45, 7) is -0.225. The Hall–Kier alpha value is -1.59. The van der Waals surface area contributed by atoms with E-state index in [1.54, 1.807) is 24.3 Å². The minimum atomic E-state index is -1.49. The topological polar surface area (TPSA) is 75.6 Å². The molecule has 6 heteroatoms. The summed E-state index contributed by atoms with van der Waals surface area (Å²) in [6, 6.07) is 6.64. The Labute approximate surface area is 102 Å². The van der Waals surface area contributed by atoms with Gasteiger partial charge in [-0.1, -0.05) is 23.7 Å². The van der Waals surface area contributed by atoms with Crippen LogP contribution >= 0.6 is 11.6 Å². The number of para-hydroxylation sites is 1. The zero-order valence-electron chi connectivity index (χ0n) is 8.77. The second-order valence-electron chi connectivity index (χ2n) is 3.81. The van der Waals surface area contributed by atoms with E-state index in [-0.39, 0.29) is 13.2 Å². The van der Waals surface area contributed by atoms with Crippen molar-refractivity contribution in [1.82, 2.24) is 0 Å². The monoisotopic (exact) mass is 255 g/mol. The summed E-state index contributed by atoms with van der Waals surface area (Å²) in [6.07, 6.45) is 0. The zero-order chi connectivity index (χ0) is 12.5. The van der Waals surface area contributed by atoms with Gasteiger partial charge in [-0.2, -0.15) is 0 Å². The van der Waals surface area contributed by atoms with Gasteiger partial charge in [-0.3, -0.25) is 9.59 Å². The van der Waals surface area contributed by atoms with Crippen molar-refractivity contribution in [3.05, 3.63) is 29.3 Å². The van der Waals surface area contributed by atoms with Gasteiger partial charge in [0, 0.05) is 0 Å². The first-order valence-electron chi connectivity index (χ1n) is 4.93. The van der Waals surface area contributed by atoms with Gasteiger partial charge >= 0.3 is 5.97 Å². The van der Waals surface area contributed by atoms with E-state index in [2.05, 4.69) is 5.32 Å². The predicted molar refractivity (Wildman–Crippen MR) is 61.0 cm³/mol. The number of carboxylic acids is 1. The summed E-state index contributed by atoms with van der Waals surface area (Å²) in [5, 5.41) is 11.9. The molecule has 90 valence electrons. The minimum absolute atomic E-state index is 0.112. The molecule has 1 aliphatic heterocycles. The number of carbonyl (C=O) groups excluding carboxylic acids is 1. The summed E-state index contributed by atoms with van der Waals surface area (Å²) < 4.78 is 4.81. The van der Waals surface area contributed by atoms with Crippen LogP contribution in [0.5, 0.6) is 0 Å². The number of rotatable bonds is 3. The van der Waals surface area contributed by atoms with Crippen LogP contribution in [0, 0.1) is 5.41 Å². The van der Waals surface area contributed by atoms with Crippen molar-refractivity contribution in [3.8, 4) is 0 Å². The van der Waals surface area contributed by atoms with E-state index in [4.69, 9.17) is 21.4 Å². The molecule has 1 saturated heterocycles. The number of aliphatic carboxylic acids is 1. The lowest BCUT2D eigenvalue weighted by molar-refractivity contribution is -0.182. The molecular formula is C11H10ClNO4. The third kappa shape index (κ3) is 1.99. The van der Waals surface area contributed by atoms with Gasteiger partial charge in [-0.25, -0.2) is 0 Å². The number of carbonyl (C=O) groups is 2. The Kier molecular flexibility index (Phi) is 3.04. The molecule has 1 fully saturated rings. The molecule has 5 nitrogen and oxygen atoms in total. The lowest BCUT2D eigenvalue weighted by Gasteiger charge is -2.35. The number of hydrogen-bond donors (Lipinski definition) is 2. The molecule has 0 aliphatic carbocycles. The van der Waals surface area contributed by atoms with Crippen LogP contribution in [0.4, 0.5) is 5.69 Å². The van der Waals surface area contributed by atoms with E-state index in [9.17, 15) is 9.59 Å². The quantitative estimate of drug-likeness (QED) is 0.800. The highest BCUT2D eigenvalue weighted by molar-refractivity contribution is 6.33. The van der Waals surface area contributed by atoms with Crippen molar-refractivity contribution in [2.24, 2.45) is 5.41 Å². The molecule has 0 spiro atoms. The maximum atomic E-state index is 11.9. The van der Waals surface area contributed by atoms with Crippen LogP contribution < -0.4 is 5.32 Å². The summed E-state index contributed by atoms with van der Waals surface area (Å²) in [4.78, 5) is 22.9. The zero-order valence-corrected chi connectivity index (χ0v) is 9.53. The Morgan fingerprint density at radius 3 is 2.47 bits per heavy atom. The van der Waals surface area contributed by atoms with E-state index in [0.717, 1.165) is 0 Å². The molecule has 2 rings (SSSR count). The van der Waals surface area contributed by atoms with Crippen LogP contribution in [-0.2, 0) is 14.3 Å². The largest absolute Gasteiger partial charge is 0.480 e. The molecular weight excluding hydrogens is 246 g/mol.